The highest BCUT2D eigenvalue weighted by molar-refractivity contribution is 14.0. The molecule has 24 heavy (non-hydrogen) atoms. The van der Waals surface area contributed by atoms with Gasteiger partial charge in [0.15, 0.2) is 5.96 Å². The van der Waals surface area contributed by atoms with Gasteiger partial charge in [-0.1, -0.05) is 25.5 Å². The molecule has 1 aliphatic rings. The lowest BCUT2D eigenvalue weighted by Gasteiger charge is -2.41. The largest absolute Gasteiger partial charge is 0.465 e. The Morgan fingerprint density at radius 2 is 1.92 bits per heavy atom. The highest BCUT2D eigenvalue weighted by Crippen LogP contribution is 2.42. The number of carbonyl (C=O) groups excluding carboxylic acids is 1. The van der Waals surface area contributed by atoms with Crippen molar-refractivity contribution in [2.75, 3.05) is 20.7 Å². The van der Waals surface area contributed by atoms with Gasteiger partial charge >= 0.3 is 5.97 Å². The molecule has 1 aromatic carbocycles. The van der Waals surface area contributed by atoms with E-state index in [9.17, 15) is 4.79 Å². The van der Waals surface area contributed by atoms with E-state index in [0.29, 0.717) is 17.5 Å². The van der Waals surface area contributed by atoms with Crippen LogP contribution in [0.1, 0.15) is 48.5 Å². The normalized spacial score (nSPS) is 15.7. The molecule has 0 atom stereocenters. The molecule has 0 radical (unpaired) electrons. The molecule has 5 nitrogen and oxygen atoms in total. The summed E-state index contributed by atoms with van der Waals surface area (Å²) in [5, 5.41) is 6.75. The molecule has 134 valence electrons. The van der Waals surface area contributed by atoms with Crippen LogP contribution in [0.25, 0.3) is 0 Å². The lowest BCUT2D eigenvalue weighted by molar-refractivity contribution is 0.0600. The number of aliphatic imine (C=N–C) groups is 1. The molecule has 0 aliphatic heterocycles. The molecule has 0 unspecified atom stereocenters. The summed E-state index contributed by atoms with van der Waals surface area (Å²) in [7, 11) is 3.17. The van der Waals surface area contributed by atoms with Crippen LogP contribution in [0.5, 0.6) is 0 Å². The topological polar surface area (TPSA) is 62.7 Å². The first-order valence-electron chi connectivity index (χ1n) is 8.24. The van der Waals surface area contributed by atoms with E-state index >= 15 is 0 Å². The van der Waals surface area contributed by atoms with Crippen LogP contribution >= 0.6 is 24.0 Å². The summed E-state index contributed by atoms with van der Waals surface area (Å²) in [4.78, 5) is 15.7. The Bertz CT molecular complexity index is 548. The van der Waals surface area contributed by atoms with Crippen LogP contribution in [-0.4, -0.2) is 32.6 Å². The van der Waals surface area contributed by atoms with E-state index in [1.807, 2.05) is 12.1 Å². The zero-order valence-corrected chi connectivity index (χ0v) is 17.1. The third kappa shape index (κ3) is 5.36. The van der Waals surface area contributed by atoms with E-state index in [2.05, 4.69) is 22.5 Å². The lowest BCUT2D eigenvalue weighted by Crippen LogP contribution is -2.46. The predicted octanol–water partition coefficient (Wildman–Crippen LogP) is 3.34. The number of hydrogen-bond acceptors (Lipinski definition) is 3. The average molecular weight is 445 g/mol. The minimum atomic E-state index is -0.313. The Balaban J connectivity index is 0.00000288. The number of nitrogens with zero attached hydrogens (tertiary/aromatic N) is 1. The number of hydrogen-bond donors (Lipinski definition) is 2. The second-order valence-electron chi connectivity index (χ2n) is 6.17. The Kier molecular flexibility index (Phi) is 8.52. The highest BCUT2D eigenvalue weighted by Gasteiger charge is 2.34. The number of esters is 1. The molecule has 0 spiro atoms. The van der Waals surface area contributed by atoms with Gasteiger partial charge in [-0.05, 0) is 42.4 Å². The maximum Gasteiger partial charge on any atom is 0.337 e. The van der Waals surface area contributed by atoms with E-state index in [-0.39, 0.29) is 29.9 Å². The third-order valence-corrected chi connectivity index (χ3v) is 4.85. The number of benzene rings is 1. The summed E-state index contributed by atoms with van der Waals surface area (Å²) < 4.78 is 4.70. The summed E-state index contributed by atoms with van der Waals surface area (Å²) in [6, 6.07) is 7.40. The first-order chi connectivity index (χ1) is 11.1. The predicted molar refractivity (Wildman–Crippen MR) is 108 cm³/mol. The molecule has 1 aliphatic carbocycles. The van der Waals surface area contributed by atoms with Gasteiger partial charge in [-0.3, -0.25) is 4.99 Å². The summed E-state index contributed by atoms with van der Waals surface area (Å²) in [6.07, 6.45) is 5.17. The smallest absolute Gasteiger partial charge is 0.337 e. The molecule has 0 bridgehead atoms. The molecule has 0 amide bonds. The Morgan fingerprint density at radius 1 is 1.25 bits per heavy atom. The van der Waals surface area contributed by atoms with Crippen LogP contribution in [0.4, 0.5) is 0 Å². The van der Waals surface area contributed by atoms with Gasteiger partial charge in [0, 0.05) is 20.1 Å². The van der Waals surface area contributed by atoms with Crippen LogP contribution in [0.3, 0.4) is 0 Å². The zero-order valence-electron chi connectivity index (χ0n) is 14.7. The third-order valence-electron chi connectivity index (χ3n) is 4.85. The van der Waals surface area contributed by atoms with Crippen LogP contribution in [0, 0.1) is 5.41 Å². The molecule has 1 aromatic rings. The molecular formula is C18H28IN3O2. The van der Waals surface area contributed by atoms with E-state index in [0.717, 1.165) is 18.1 Å². The first-order valence-corrected chi connectivity index (χ1v) is 8.24. The second-order valence-corrected chi connectivity index (χ2v) is 6.17. The molecule has 2 rings (SSSR count). The summed E-state index contributed by atoms with van der Waals surface area (Å²) >= 11 is 0. The first kappa shape index (κ1) is 20.7. The van der Waals surface area contributed by atoms with Crippen molar-refractivity contribution in [1.82, 2.24) is 10.6 Å². The number of nitrogens with one attached hydrogen (secondary N) is 2. The van der Waals surface area contributed by atoms with Crippen molar-refractivity contribution >= 4 is 35.9 Å². The van der Waals surface area contributed by atoms with Crippen LogP contribution in [0.15, 0.2) is 29.3 Å². The Labute approximate surface area is 161 Å². The van der Waals surface area contributed by atoms with Gasteiger partial charge in [0.1, 0.15) is 0 Å². The van der Waals surface area contributed by atoms with Gasteiger partial charge in [0.2, 0.25) is 0 Å². The van der Waals surface area contributed by atoms with Gasteiger partial charge in [-0.2, -0.15) is 0 Å². The molecule has 0 saturated heterocycles. The Morgan fingerprint density at radius 3 is 2.38 bits per heavy atom. The van der Waals surface area contributed by atoms with E-state index in [4.69, 9.17) is 4.74 Å². The standard InChI is InChI=1S/C18H27N3O2.HI/c1-4-18(10-5-11-18)13-21-17(19-2)20-12-14-6-8-15(9-7-14)16(22)23-3;/h6-9H,4-5,10-13H2,1-3H3,(H2,19,20,21);1H. The molecule has 1 saturated carbocycles. The summed E-state index contributed by atoms with van der Waals surface area (Å²) in [5.41, 5.74) is 2.11. The number of guanidine groups is 1. The number of ether oxygens (including phenoxy) is 1. The van der Waals surface area contributed by atoms with Crippen molar-refractivity contribution in [3.8, 4) is 0 Å². The summed E-state index contributed by atoms with van der Waals surface area (Å²) in [6.45, 7) is 3.91. The van der Waals surface area contributed by atoms with Crippen LogP contribution < -0.4 is 10.6 Å². The van der Waals surface area contributed by atoms with Gasteiger partial charge in [-0.25, -0.2) is 4.79 Å². The van der Waals surface area contributed by atoms with Crippen molar-refractivity contribution in [2.24, 2.45) is 10.4 Å². The molecule has 0 heterocycles. The van der Waals surface area contributed by atoms with Crippen LogP contribution in [-0.2, 0) is 11.3 Å². The molecule has 2 N–H and O–H groups in total. The monoisotopic (exact) mass is 445 g/mol. The second kappa shape index (κ2) is 9.86. The molecular weight excluding hydrogens is 417 g/mol. The quantitative estimate of drug-likeness (QED) is 0.305. The van der Waals surface area contributed by atoms with Crippen molar-refractivity contribution in [1.29, 1.82) is 0 Å². The van der Waals surface area contributed by atoms with Crippen molar-refractivity contribution < 1.29 is 9.53 Å². The van der Waals surface area contributed by atoms with E-state index in [1.165, 1.54) is 32.8 Å². The van der Waals surface area contributed by atoms with E-state index < -0.39 is 0 Å². The fourth-order valence-corrected chi connectivity index (χ4v) is 2.89. The van der Waals surface area contributed by atoms with Gasteiger partial charge in [0.25, 0.3) is 0 Å². The summed E-state index contributed by atoms with van der Waals surface area (Å²) in [5.74, 6) is 0.508. The van der Waals surface area contributed by atoms with E-state index in [1.54, 1.807) is 19.2 Å². The number of methoxy groups -OCH3 is 1. The minimum absolute atomic E-state index is 0. The fraction of sp³-hybridized carbons (Fsp3) is 0.556. The van der Waals surface area contributed by atoms with Gasteiger partial charge in [-0.15, -0.1) is 24.0 Å². The van der Waals surface area contributed by atoms with Crippen molar-refractivity contribution in [2.45, 2.75) is 39.2 Å². The van der Waals surface area contributed by atoms with Gasteiger partial charge in [0.05, 0.1) is 12.7 Å². The fourth-order valence-electron chi connectivity index (χ4n) is 2.89. The zero-order chi connectivity index (χ0) is 16.7. The molecule has 6 heteroatoms. The SMILES string of the molecule is CCC1(CNC(=NC)NCc2ccc(C(=O)OC)cc2)CCC1.I. The maximum absolute atomic E-state index is 11.4. The number of halogens is 1. The number of rotatable bonds is 6. The average Bonchev–Trinajstić information content (AvgIpc) is 2.56. The maximum atomic E-state index is 11.4. The number of carbonyl (C=O) groups is 1. The van der Waals surface area contributed by atoms with Crippen LogP contribution in [0.2, 0.25) is 0 Å². The Hall–Kier alpha value is -1.31. The van der Waals surface area contributed by atoms with Gasteiger partial charge < -0.3 is 15.4 Å². The minimum Gasteiger partial charge on any atom is -0.465 e. The highest BCUT2D eigenvalue weighted by atomic mass is 127. The van der Waals surface area contributed by atoms with Crippen molar-refractivity contribution in [3.05, 3.63) is 35.4 Å². The lowest BCUT2D eigenvalue weighted by atomic mass is 9.67. The van der Waals surface area contributed by atoms with Crippen molar-refractivity contribution in [3.63, 3.8) is 0 Å². The molecule has 1 fully saturated rings. The molecule has 0 aromatic heterocycles.